The topological polar surface area (TPSA) is 133 Å². The highest BCUT2D eigenvalue weighted by molar-refractivity contribution is 7.91. The zero-order valence-electron chi connectivity index (χ0n) is 15.4. The van der Waals surface area contributed by atoms with Crippen molar-refractivity contribution < 1.29 is 18.6 Å². The molecule has 1 fully saturated rings. The summed E-state index contributed by atoms with van der Waals surface area (Å²) < 4.78 is 24.6. The van der Waals surface area contributed by atoms with Gasteiger partial charge in [-0.2, -0.15) is 5.26 Å². The van der Waals surface area contributed by atoms with E-state index in [1.165, 1.54) is 25.3 Å². The van der Waals surface area contributed by atoms with Gasteiger partial charge in [0.2, 0.25) is 5.88 Å². The fourth-order valence-corrected chi connectivity index (χ4v) is 5.03. The van der Waals surface area contributed by atoms with Gasteiger partial charge in [-0.3, -0.25) is 14.4 Å². The van der Waals surface area contributed by atoms with Gasteiger partial charge in [-0.15, -0.1) is 0 Å². The van der Waals surface area contributed by atoms with Crippen LogP contribution in [-0.4, -0.2) is 40.9 Å². The number of phenols is 1. The summed E-state index contributed by atoms with van der Waals surface area (Å²) in [7, 11) is -3.30. The minimum atomic E-state index is -3.30. The van der Waals surface area contributed by atoms with Gasteiger partial charge >= 0.3 is 0 Å². The molecule has 0 saturated carbocycles. The van der Waals surface area contributed by atoms with E-state index >= 15 is 0 Å². The van der Waals surface area contributed by atoms with E-state index in [0.29, 0.717) is 11.3 Å². The monoisotopic (exact) mass is 401 g/mol. The highest BCUT2D eigenvalue weighted by Crippen LogP contribution is 2.30. The van der Waals surface area contributed by atoms with Gasteiger partial charge in [0.25, 0.3) is 5.56 Å². The molecule has 146 valence electrons. The summed E-state index contributed by atoms with van der Waals surface area (Å²) in [6.45, 7) is 3.28. The molecule has 1 aliphatic heterocycles. The van der Waals surface area contributed by atoms with Crippen LogP contribution in [0.15, 0.2) is 28.0 Å². The highest BCUT2D eigenvalue weighted by Gasteiger charge is 2.33. The van der Waals surface area contributed by atoms with E-state index < -0.39 is 27.3 Å². The fraction of sp³-hybridized carbons (Fsp3) is 0.316. The summed E-state index contributed by atoms with van der Waals surface area (Å²) in [5, 5.41) is 29.6. The first-order valence-corrected chi connectivity index (χ1v) is 10.4. The number of nitriles is 1. The fourth-order valence-electron chi connectivity index (χ4n) is 3.33. The van der Waals surface area contributed by atoms with Crippen LogP contribution in [0.4, 0.5) is 5.69 Å². The molecule has 0 spiro atoms. The number of pyridine rings is 1. The average molecular weight is 401 g/mol. The van der Waals surface area contributed by atoms with E-state index in [9.17, 15) is 28.7 Å². The highest BCUT2D eigenvalue weighted by atomic mass is 32.2. The van der Waals surface area contributed by atoms with Crippen molar-refractivity contribution in [2.24, 2.45) is 4.99 Å². The second-order valence-corrected chi connectivity index (χ2v) is 9.04. The van der Waals surface area contributed by atoms with Crippen LogP contribution in [0.25, 0.3) is 0 Å². The maximum absolute atomic E-state index is 12.7. The summed E-state index contributed by atoms with van der Waals surface area (Å²) >= 11 is 0. The number of nitrogens with zero attached hydrogens (tertiary/aromatic N) is 3. The van der Waals surface area contributed by atoms with Crippen LogP contribution in [0.2, 0.25) is 0 Å². The van der Waals surface area contributed by atoms with Crippen molar-refractivity contribution in [2.75, 3.05) is 11.5 Å². The molecule has 3 rings (SSSR count). The molecule has 1 unspecified atom stereocenters. The zero-order valence-corrected chi connectivity index (χ0v) is 16.2. The molecule has 1 atom stereocenters. The van der Waals surface area contributed by atoms with Gasteiger partial charge < -0.3 is 10.2 Å². The lowest BCUT2D eigenvalue weighted by Gasteiger charge is -2.18. The average Bonchev–Trinajstić information content (AvgIpc) is 2.96. The van der Waals surface area contributed by atoms with E-state index in [1.54, 1.807) is 13.0 Å². The van der Waals surface area contributed by atoms with Crippen LogP contribution < -0.4 is 5.56 Å². The number of sulfone groups is 1. The van der Waals surface area contributed by atoms with Crippen molar-refractivity contribution >= 4 is 21.7 Å². The first kappa shape index (κ1) is 19.6. The van der Waals surface area contributed by atoms with Crippen LogP contribution in [0.3, 0.4) is 0 Å². The molecule has 1 saturated heterocycles. The van der Waals surface area contributed by atoms with Crippen LogP contribution in [-0.2, 0) is 9.84 Å². The minimum absolute atomic E-state index is 0.0740. The summed E-state index contributed by atoms with van der Waals surface area (Å²) in [5.41, 5.74) is 0.805. The van der Waals surface area contributed by atoms with Gasteiger partial charge in [0.05, 0.1) is 28.8 Å². The van der Waals surface area contributed by atoms with Crippen LogP contribution in [0.1, 0.15) is 34.7 Å². The summed E-state index contributed by atoms with van der Waals surface area (Å²) in [6.07, 6.45) is 1.53. The zero-order chi connectivity index (χ0) is 20.6. The normalized spacial score (nSPS) is 18.4. The van der Waals surface area contributed by atoms with Gasteiger partial charge in [0.15, 0.2) is 9.84 Å². The molecule has 1 aliphatic rings. The van der Waals surface area contributed by atoms with E-state index in [-0.39, 0.29) is 40.4 Å². The van der Waals surface area contributed by atoms with Crippen molar-refractivity contribution in [3.8, 4) is 17.7 Å². The van der Waals surface area contributed by atoms with Crippen molar-refractivity contribution in [2.45, 2.75) is 26.3 Å². The van der Waals surface area contributed by atoms with E-state index in [2.05, 4.69) is 4.99 Å². The lowest BCUT2D eigenvalue weighted by atomic mass is 10.0. The number of hydrogen-bond acceptors (Lipinski definition) is 7. The number of aryl methyl sites for hydroxylation is 1. The Balaban J connectivity index is 2.16. The molecule has 2 N–H and O–H groups in total. The number of benzene rings is 1. The summed E-state index contributed by atoms with van der Waals surface area (Å²) in [6, 6.07) is 5.71. The van der Waals surface area contributed by atoms with Gasteiger partial charge in [0, 0.05) is 6.21 Å². The second kappa shape index (κ2) is 7.13. The molecule has 9 heteroatoms. The summed E-state index contributed by atoms with van der Waals surface area (Å²) in [5.74, 6) is -0.653. The summed E-state index contributed by atoms with van der Waals surface area (Å²) in [4.78, 5) is 17.0. The predicted molar refractivity (Wildman–Crippen MR) is 104 cm³/mol. The lowest BCUT2D eigenvalue weighted by molar-refractivity contribution is 0.379. The van der Waals surface area contributed by atoms with Crippen LogP contribution in [0, 0.1) is 25.2 Å². The van der Waals surface area contributed by atoms with Crippen molar-refractivity contribution in [1.82, 2.24) is 4.57 Å². The Labute approximate surface area is 161 Å². The maximum atomic E-state index is 12.7. The van der Waals surface area contributed by atoms with Crippen LogP contribution in [0.5, 0.6) is 11.6 Å². The standard InChI is InChI=1S/C19H19N3O5S/c1-11-7-14(23)3-4-17(11)21-9-16-12(2)15(8-20)18(24)22(19(16)25)13-5-6-28(26,27)10-13/h3-4,7,9,13,23,25H,5-6,10H2,1-2H3. The molecule has 0 amide bonds. The Morgan fingerprint density at radius 3 is 2.61 bits per heavy atom. The van der Waals surface area contributed by atoms with E-state index in [0.717, 1.165) is 4.57 Å². The van der Waals surface area contributed by atoms with Gasteiger partial charge in [-0.05, 0) is 49.6 Å². The SMILES string of the molecule is Cc1cc(O)ccc1N=Cc1c(C)c(C#N)c(=O)n(C2CCS(=O)(=O)C2)c1O. The molecule has 2 aromatic rings. The Hall–Kier alpha value is -3.12. The molecule has 2 heterocycles. The Morgan fingerprint density at radius 2 is 2.04 bits per heavy atom. The molecule has 0 aliphatic carbocycles. The Kier molecular flexibility index (Phi) is 5.00. The van der Waals surface area contributed by atoms with E-state index in [4.69, 9.17) is 0 Å². The van der Waals surface area contributed by atoms with Crippen molar-refractivity contribution in [3.63, 3.8) is 0 Å². The molecular formula is C19H19N3O5S. The molecule has 28 heavy (non-hydrogen) atoms. The number of rotatable bonds is 3. The van der Waals surface area contributed by atoms with Gasteiger partial charge in [-0.25, -0.2) is 8.42 Å². The smallest absolute Gasteiger partial charge is 0.271 e. The molecular weight excluding hydrogens is 382 g/mol. The molecule has 0 bridgehead atoms. The number of phenolic OH excluding ortho intramolecular Hbond substituents is 1. The van der Waals surface area contributed by atoms with Crippen molar-refractivity contribution in [3.05, 3.63) is 50.8 Å². The molecule has 0 radical (unpaired) electrons. The van der Waals surface area contributed by atoms with E-state index in [1.807, 2.05) is 6.07 Å². The first-order valence-electron chi connectivity index (χ1n) is 8.57. The third kappa shape index (κ3) is 3.51. The third-order valence-corrected chi connectivity index (χ3v) is 6.63. The number of aromatic hydroxyl groups is 2. The molecule has 1 aromatic heterocycles. The number of aliphatic imine (C=N–C) groups is 1. The molecule has 1 aromatic carbocycles. The quantitative estimate of drug-likeness (QED) is 0.754. The van der Waals surface area contributed by atoms with Crippen LogP contribution >= 0.6 is 0 Å². The first-order chi connectivity index (χ1) is 13.1. The van der Waals surface area contributed by atoms with Crippen molar-refractivity contribution in [1.29, 1.82) is 5.26 Å². The Bertz CT molecular complexity index is 1190. The minimum Gasteiger partial charge on any atom is -0.508 e. The van der Waals surface area contributed by atoms with Gasteiger partial charge in [-0.1, -0.05) is 0 Å². The predicted octanol–water partition coefficient (Wildman–Crippen LogP) is 1.86. The third-order valence-electron chi connectivity index (χ3n) is 4.88. The molecule has 8 nitrogen and oxygen atoms in total. The lowest BCUT2D eigenvalue weighted by Crippen LogP contribution is -2.29. The maximum Gasteiger partial charge on any atom is 0.271 e. The largest absolute Gasteiger partial charge is 0.508 e. The second-order valence-electron chi connectivity index (χ2n) is 6.81. The number of aromatic nitrogens is 1. The van der Waals surface area contributed by atoms with Gasteiger partial charge in [0.1, 0.15) is 17.4 Å². The Morgan fingerprint density at radius 1 is 1.32 bits per heavy atom. The number of hydrogen-bond donors (Lipinski definition) is 2.